The van der Waals surface area contributed by atoms with Gasteiger partial charge in [-0.05, 0) is 36.5 Å². The summed E-state index contributed by atoms with van der Waals surface area (Å²) in [6.45, 7) is 0. The minimum atomic E-state index is -1.08. The maximum Gasteiger partial charge on any atom is 0.405 e. The average Bonchev–Trinajstić information content (AvgIpc) is 3.59. The molecule has 2 aromatic heterocycles. The zero-order valence-electron chi connectivity index (χ0n) is 21.8. The van der Waals surface area contributed by atoms with Gasteiger partial charge in [-0.15, -0.1) is 0 Å². The fraction of sp³-hybridized carbons (Fsp3) is 0.310. The van der Waals surface area contributed by atoms with Crippen LogP contribution in [0.5, 0.6) is 0 Å². The number of nitrogens with zero attached hydrogens (tertiary/aromatic N) is 3. The molecule has 0 saturated heterocycles. The lowest BCUT2D eigenvalue weighted by molar-refractivity contribution is -0.120. The van der Waals surface area contributed by atoms with Crippen molar-refractivity contribution in [1.29, 1.82) is 0 Å². The molecule has 9 nitrogen and oxygen atoms in total. The number of amides is 2. The van der Waals surface area contributed by atoms with Crippen molar-refractivity contribution in [2.75, 3.05) is 7.05 Å². The van der Waals surface area contributed by atoms with Crippen molar-refractivity contribution in [2.24, 2.45) is 12.8 Å². The summed E-state index contributed by atoms with van der Waals surface area (Å²) in [5, 5.41) is 7.10. The second kappa shape index (κ2) is 12.2. The van der Waals surface area contributed by atoms with E-state index in [0.717, 1.165) is 47.3 Å². The molecule has 9 heteroatoms. The van der Waals surface area contributed by atoms with Crippen molar-refractivity contribution in [3.05, 3.63) is 84.4 Å². The van der Waals surface area contributed by atoms with Gasteiger partial charge in [-0.25, -0.2) is 9.78 Å². The highest BCUT2D eigenvalue weighted by Gasteiger charge is 2.39. The van der Waals surface area contributed by atoms with Gasteiger partial charge in [-0.2, -0.15) is 5.10 Å². The molecule has 0 aliphatic heterocycles. The normalized spacial score (nSPS) is 12.6. The quantitative estimate of drug-likeness (QED) is 0.236. The predicted octanol–water partition coefficient (Wildman–Crippen LogP) is 4.71. The number of benzene rings is 2. The van der Waals surface area contributed by atoms with Crippen LogP contribution in [-0.4, -0.2) is 38.8 Å². The van der Waals surface area contributed by atoms with Crippen LogP contribution in [0.25, 0.3) is 22.5 Å². The number of H-pyrrole nitrogens is 1. The van der Waals surface area contributed by atoms with Gasteiger partial charge in [-0.1, -0.05) is 61.0 Å². The molecular weight excluding hydrogens is 480 g/mol. The number of aromatic nitrogens is 4. The second-order valence-corrected chi connectivity index (χ2v) is 9.41. The topological polar surface area (TPSA) is 128 Å². The molecular formula is C29H34N6O3. The third kappa shape index (κ3) is 6.67. The second-order valence-electron chi connectivity index (χ2n) is 9.41. The highest BCUT2D eigenvalue weighted by Crippen LogP contribution is 2.35. The Morgan fingerprint density at radius 1 is 1.03 bits per heavy atom. The van der Waals surface area contributed by atoms with Gasteiger partial charge in [0.25, 0.3) is 0 Å². The molecule has 4 aromatic rings. The first-order valence-corrected chi connectivity index (χ1v) is 12.8. The number of ether oxygens (including phenoxy) is 1. The van der Waals surface area contributed by atoms with Crippen LogP contribution in [0, 0.1) is 0 Å². The summed E-state index contributed by atoms with van der Waals surface area (Å²) in [6.07, 6.45) is 6.45. The first-order valence-electron chi connectivity index (χ1n) is 12.8. The Kier molecular flexibility index (Phi) is 8.58. The highest BCUT2D eigenvalue weighted by molar-refractivity contribution is 5.75. The number of unbranched alkanes of at least 4 members (excludes halogenated alkanes) is 2. The zero-order chi connectivity index (χ0) is 27.0. The summed E-state index contributed by atoms with van der Waals surface area (Å²) in [4.78, 5) is 31.8. The molecule has 0 bridgehead atoms. The molecule has 2 heterocycles. The van der Waals surface area contributed by atoms with Gasteiger partial charge in [0.05, 0.1) is 17.6 Å². The van der Waals surface area contributed by atoms with Crippen LogP contribution in [0.3, 0.4) is 0 Å². The maximum absolute atomic E-state index is 12.1. The smallest absolute Gasteiger partial charge is 0.405 e. The number of hydrogen-bond donors (Lipinski definition) is 3. The SMILES string of the molecule is CNC(=O)CCCCC[C@@](Cc1ccccc1)(OC(N)=O)c1ncc(-c2ccc(-c3ccn(C)n3)cc2)[nH]1. The van der Waals surface area contributed by atoms with E-state index in [1.807, 2.05) is 73.9 Å². The number of aryl methyl sites for hydroxylation is 1. The molecule has 0 radical (unpaired) electrons. The Hall–Kier alpha value is -4.40. The molecule has 0 unspecified atom stereocenters. The molecule has 2 aromatic carbocycles. The summed E-state index contributed by atoms with van der Waals surface area (Å²) < 4.78 is 7.63. The molecule has 198 valence electrons. The Morgan fingerprint density at radius 2 is 1.76 bits per heavy atom. The fourth-order valence-electron chi connectivity index (χ4n) is 4.63. The summed E-state index contributed by atoms with van der Waals surface area (Å²) in [7, 11) is 3.52. The maximum atomic E-state index is 12.1. The molecule has 0 fully saturated rings. The Morgan fingerprint density at radius 3 is 2.42 bits per heavy atom. The molecule has 38 heavy (non-hydrogen) atoms. The van der Waals surface area contributed by atoms with Crippen LogP contribution in [0.1, 0.15) is 43.5 Å². The van der Waals surface area contributed by atoms with E-state index in [9.17, 15) is 9.59 Å². The van der Waals surface area contributed by atoms with E-state index in [1.165, 1.54) is 0 Å². The molecule has 1 atom stereocenters. The fourth-order valence-corrected chi connectivity index (χ4v) is 4.63. The van der Waals surface area contributed by atoms with Crippen LogP contribution in [0.4, 0.5) is 4.79 Å². The van der Waals surface area contributed by atoms with Gasteiger partial charge in [-0.3, -0.25) is 9.48 Å². The van der Waals surface area contributed by atoms with Gasteiger partial charge in [0.1, 0.15) is 0 Å². The molecule has 0 aliphatic rings. The van der Waals surface area contributed by atoms with Crippen LogP contribution in [0.2, 0.25) is 0 Å². The summed E-state index contributed by atoms with van der Waals surface area (Å²) in [5.41, 5.74) is 9.17. The number of rotatable bonds is 12. The molecule has 2 amide bonds. The van der Waals surface area contributed by atoms with Gasteiger partial charge in [0.15, 0.2) is 11.4 Å². The van der Waals surface area contributed by atoms with E-state index in [2.05, 4.69) is 20.4 Å². The first kappa shape index (κ1) is 26.7. The van der Waals surface area contributed by atoms with Crippen LogP contribution in [0.15, 0.2) is 73.1 Å². The monoisotopic (exact) mass is 514 g/mol. The van der Waals surface area contributed by atoms with E-state index in [0.29, 0.717) is 25.1 Å². The molecule has 0 spiro atoms. The Labute approximate surface area is 222 Å². The first-order chi connectivity index (χ1) is 18.4. The third-order valence-electron chi connectivity index (χ3n) is 6.60. The number of nitrogens with one attached hydrogen (secondary N) is 2. The van der Waals surface area contributed by atoms with Crippen molar-refractivity contribution < 1.29 is 14.3 Å². The van der Waals surface area contributed by atoms with Gasteiger partial charge < -0.3 is 20.8 Å². The number of imidazole rings is 1. The van der Waals surface area contributed by atoms with Crippen molar-refractivity contribution in [2.45, 2.75) is 44.1 Å². The molecule has 0 aliphatic carbocycles. The lowest BCUT2D eigenvalue weighted by atomic mass is 9.87. The van der Waals surface area contributed by atoms with E-state index >= 15 is 0 Å². The summed E-state index contributed by atoms with van der Waals surface area (Å²) in [6, 6.07) is 19.8. The van der Waals surface area contributed by atoms with Crippen LogP contribution >= 0.6 is 0 Å². The van der Waals surface area contributed by atoms with Crippen molar-refractivity contribution >= 4 is 12.0 Å². The molecule has 4 rings (SSSR count). The number of primary amides is 1. The number of aromatic amines is 1. The van der Waals surface area contributed by atoms with E-state index in [-0.39, 0.29) is 5.91 Å². The standard InChI is InChI=1S/C29H34N6O3/c1-31-26(36)11-7-4-8-17-29(38-28(30)37,19-21-9-5-3-6-10-21)27-32-20-25(33-27)23-14-12-22(13-15-23)24-16-18-35(2)34-24/h3,5-6,9-10,12-16,18,20H,4,7-8,11,17,19H2,1-2H3,(H2,30,37)(H,31,36)(H,32,33)/t29-/m0/s1. The third-order valence-corrected chi connectivity index (χ3v) is 6.60. The molecule has 0 saturated carbocycles. The lowest BCUT2D eigenvalue weighted by Gasteiger charge is -2.31. The Balaban J connectivity index is 1.60. The van der Waals surface area contributed by atoms with E-state index in [1.54, 1.807) is 17.9 Å². The number of carbonyl (C=O) groups is 2. The molecule has 4 N–H and O–H groups in total. The predicted molar refractivity (Wildman–Crippen MR) is 146 cm³/mol. The zero-order valence-corrected chi connectivity index (χ0v) is 21.8. The number of carbonyl (C=O) groups excluding carboxylic acids is 2. The largest absolute Gasteiger partial charge is 0.435 e. The van der Waals surface area contributed by atoms with Gasteiger partial charge in [0.2, 0.25) is 5.91 Å². The average molecular weight is 515 g/mol. The van der Waals surface area contributed by atoms with E-state index in [4.69, 9.17) is 10.5 Å². The van der Waals surface area contributed by atoms with Crippen molar-refractivity contribution in [3.8, 4) is 22.5 Å². The summed E-state index contributed by atoms with van der Waals surface area (Å²) >= 11 is 0. The highest BCUT2D eigenvalue weighted by atomic mass is 16.6. The van der Waals surface area contributed by atoms with E-state index < -0.39 is 11.7 Å². The minimum Gasteiger partial charge on any atom is -0.435 e. The minimum absolute atomic E-state index is 0.0127. The van der Waals surface area contributed by atoms with Crippen molar-refractivity contribution in [1.82, 2.24) is 25.1 Å². The van der Waals surface area contributed by atoms with Crippen LogP contribution < -0.4 is 11.1 Å². The summed E-state index contributed by atoms with van der Waals surface area (Å²) in [5.74, 6) is 0.550. The van der Waals surface area contributed by atoms with Gasteiger partial charge >= 0.3 is 6.09 Å². The van der Waals surface area contributed by atoms with Gasteiger partial charge in [0, 0.05) is 38.7 Å². The Bertz CT molecular complexity index is 1350. The number of nitrogens with two attached hydrogens (primary N) is 1. The van der Waals surface area contributed by atoms with Crippen molar-refractivity contribution in [3.63, 3.8) is 0 Å². The number of hydrogen-bond acceptors (Lipinski definition) is 5. The lowest BCUT2D eigenvalue weighted by Crippen LogP contribution is -2.38. The van der Waals surface area contributed by atoms with Crippen LogP contribution in [-0.2, 0) is 28.6 Å².